The van der Waals surface area contributed by atoms with E-state index < -0.39 is 0 Å². The van der Waals surface area contributed by atoms with E-state index in [9.17, 15) is 0 Å². The number of benzene rings is 1. The largest absolute Gasteiger partial charge is 0.184 e. The Morgan fingerprint density at radius 3 is 1.53 bits per heavy atom. The maximum Gasteiger partial charge on any atom is 0 e. The van der Waals surface area contributed by atoms with Crippen LogP contribution in [0, 0.1) is 37.2 Å². The first-order valence-electron chi connectivity index (χ1n) is 7.80. The molecule has 0 bridgehead atoms. The zero-order valence-corrected chi connectivity index (χ0v) is 18.5. The molecular formula is C18H35U-. The van der Waals surface area contributed by atoms with Crippen LogP contribution < -0.4 is 0 Å². The Balaban J connectivity index is -0.000000107. The summed E-state index contributed by atoms with van der Waals surface area (Å²) in [6.07, 6.45) is 6.42. The second-order valence-electron chi connectivity index (χ2n) is 3.51. The Morgan fingerprint density at radius 1 is 0.789 bits per heavy atom. The van der Waals surface area contributed by atoms with E-state index in [0.29, 0.717) is 0 Å². The fourth-order valence-corrected chi connectivity index (χ4v) is 0.969. The molecule has 1 rings (SSSR count). The van der Waals surface area contributed by atoms with Crippen molar-refractivity contribution in [3.05, 3.63) is 35.9 Å². The van der Waals surface area contributed by atoms with Crippen molar-refractivity contribution in [2.75, 3.05) is 0 Å². The zero-order chi connectivity index (χ0) is 14.6. The van der Waals surface area contributed by atoms with Crippen molar-refractivity contribution in [3.63, 3.8) is 0 Å². The number of unbranched alkanes of at least 4 members (excludes halogenated alkanes) is 2. The monoisotopic (exact) mass is 489 g/mol. The molecule has 0 saturated carbocycles. The van der Waals surface area contributed by atoms with Crippen molar-refractivity contribution >= 4 is 0 Å². The fourth-order valence-electron chi connectivity index (χ4n) is 0.969. The van der Waals surface area contributed by atoms with Crippen LogP contribution >= 0.6 is 0 Å². The molecule has 0 unspecified atom stereocenters. The molecule has 0 aliphatic heterocycles. The third-order valence-corrected chi connectivity index (χ3v) is 2.11. The van der Waals surface area contributed by atoms with Gasteiger partial charge in [0.15, 0.2) is 0 Å². The summed E-state index contributed by atoms with van der Waals surface area (Å²) in [6.45, 7) is 14.6. The van der Waals surface area contributed by atoms with Crippen LogP contribution in [0.15, 0.2) is 24.3 Å². The van der Waals surface area contributed by atoms with Crippen LogP contribution in [0.25, 0.3) is 0 Å². The van der Waals surface area contributed by atoms with Gasteiger partial charge in [-0.2, -0.15) is 35.9 Å². The van der Waals surface area contributed by atoms with Crippen LogP contribution in [-0.2, 0) is 6.42 Å². The maximum absolute atomic E-state index is 3.01. The molecule has 0 amide bonds. The van der Waals surface area contributed by atoms with Gasteiger partial charge in [-0.3, -0.25) is 0 Å². The Kier molecular flexibility index (Phi) is 44.9. The van der Waals surface area contributed by atoms with Gasteiger partial charge in [0.1, 0.15) is 0 Å². The Morgan fingerprint density at radius 2 is 1.21 bits per heavy atom. The van der Waals surface area contributed by atoms with Gasteiger partial charge >= 0.3 is 0 Å². The maximum atomic E-state index is 3.01. The molecule has 0 aromatic heterocycles. The molecule has 0 N–H and O–H groups in total. The Hall–Kier alpha value is 0.272. The molecule has 1 heteroatoms. The van der Waals surface area contributed by atoms with Crippen LogP contribution in [0.4, 0.5) is 0 Å². The quantitative estimate of drug-likeness (QED) is 0.414. The SMILES string of the molecule is CC.CC.CCCC.CCCCc1cc[c-]cc1.[U]. The van der Waals surface area contributed by atoms with Crippen LogP contribution in [0.1, 0.15) is 79.7 Å². The van der Waals surface area contributed by atoms with E-state index in [0.717, 1.165) is 0 Å². The first-order valence-corrected chi connectivity index (χ1v) is 7.80. The summed E-state index contributed by atoms with van der Waals surface area (Å²) < 4.78 is 0. The van der Waals surface area contributed by atoms with Crippen molar-refractivity contribution in [2.45, 2.75) is 80.6 Å². The topological polar surface area (TPSA) is 0 Å². The van der Waals surface area contributed by atoms with E-state index in [1.54, 1.807) is 0 Å². The van der Waals surface area contributed by atoms with Crippen molar-refractivity contribution in [2.24, 2.45) is 0 Å². The second-order valence-corrected chi connectivity index (χ2v) is 3.51. The minimum atomic E-state index is 0. The minimum Gasteiger partial charge on any atom is -0.184 e. The van der Waals surface area contributed by atoms with Gasteiger partial charge < -0.3 is 0 Å². The van der Waals surface area contributed by atoms with Gasteiger partial charge in [-0.15, -0.1) is 0 Å². The van der Waals surface area contributed by atoms with E-state index in [1.165, 1.54) is 37.7 Å². The number of rotatable bonds is 4. The summed E-state index contributed by atoms with van der Waals surface area (Å²) in [4.78, 5) is 0. The molecule has 112 valence electrons. The van der Waals surface area contributed by atoms with E-state index in [4.69, 9.17) is 0 Å². The van der Waals surface area contributed by atoms with Crippen molar-refractivity contribution < 1.29 is 31.1 Å². The van der Waals surface area contributed by atoms with Crippen LogP contribution in [0.5, 0.6) is 0 Å². The van der Waals surface area contributed by atoms with Gasteiger partial charge in [0.25, 0.3) is 0 Å². The summed E-state index contributed by atoms with van der Waals surface area (Å²) in [5.41, 5.74) is 1.43. The molecule has 0 atom stereocenters. The zero-order valence-electron chi connectivity index (χ0n) is 14.3. The molecule has 0 aliphatic carbocycles. The molecule has 1 aromatic rings. The van der Waals surface area contributed by atoms with Crippen LogP contribution in [0.3, 0.4) is 0 Å². The predicted octanol–water partition coefficient (Wildman–Crippen LogP) is 6.69. The van der Waals surface area contributed by atoms with Gasteiger partial charge in [0.2, 0.25) is 0 Å². The summed E-state index contributed by atoms with van der Waals surface area (Å²) in [6, 6.07) is 11.2. The summed E-state index contributed by atoms with van der Waals surface area (Å²) in [7, 11) is 0. The van der Waals surface area contributed by atoms with E-state index >= 15 is 0 Å². The number of hydrogen-bond acceptors (Lipinski definition) is 0. The summed E-state index contributed by atoms with van der Waals surface area (Å²) in [5, 5.41) is 0. The summed E-state index contributed by atoms with van der Waals surface area (Å²) in [5.74, 6) is 0. The first-order chi connectivity index (χ1) is 8.85. The van der Waals surface area contributed by atoms with Crippen molar-refractivity contribution in [1.82, 2.24) is 0 Å². The standard InChI is InChI=1S/C10H13.C4H10.2C2H6.U/c1-2-3-7-10-8-5-4-6-9-10;1-3-4-2;2*1-2;/h5-6,8-9H,2-3,7H2,1H3;3-4H2,1-2H3;2*1-2H3;/q-1;;;;. The molecule has 0 aliphatic rings. The third-order valence-electron chi connectivity index (χ3n) is 2.11. The molecule has 0 spiro atoms. The van der Waals surface area contributed by atoms with Gasteiger partial charge in [-0.05, 0) is 0 Å². The van der Waals surface area contributed by atoms with Crippen molar-refractivity contribution in [1.29, 1.82) is 0 Å². The molecule has 19 heavy (non-hydrogen) atoms. The van der Waals surface area contributed by atoms with Gasteiger partial charge in [0.05, 0.1) is 0 Å². The van der Waals surface area contributed by atoms with E-state index in [1.807, 2.05) is 39.8 Å². The molecule has 0 saturated heterocycles. The average Bonchev–Trinajstić information content (AvgIpc) is 2.50. The smallest absolute Gasteiger partial charge is 0 e. The Labute approximate surface area is 147 Å². The van der Waals surface area contributed by atoms with Crippen LogP contribution in [0.2, 0.25) is 0 Å². The van der Waals surface area contributed by atoms with Gasteiger partial charge in [-0.25, -0.2) is 0 Å². The molecule has 0 nitrogen and oxygen atoms in total. The molecule has 0 heterocycles. The molecule has 0 fully saturated rings. The third kappa shape index (κ3) is 27.5. The molecule has 1 aromatic carbocycles. The van der Waals surface area contributed by atoms with E-state index in [-0.39, 0.29) is 31.1 Å². The normalized spacial score (nSPS) is 7.32. The molecule has 0 radical (unpaired) electrons. The number of aryl methyl sites for hydroxylation is 1. The second kappa shape index (κ2) is 30.9. The van der Waals surface area contributed by atoms with Crippen molar-refractivity contribution in [3.8, 4) is 0 Å². The average molecular weight is 490 g/mol. The Bertz CT molecular complexity index is 192. The molecular weight excluding hydrogens is 454 g/mol. The predicted molar refractivity (Wildman–Crippen MR) is 87.2 cm³/mol. The van der Waals surface area contributed by atoms with Gasteiger partial charge in [0, 0.05) is 31.1 Å². The fraction of sp³-hybridized carbons (Fsp3) is 0.667. The van der Waals surface area contributed by atoms with Gasteiger partial charge in [-0.1, -0.05) is 80.6 Å². The first kappa shape index (κ1) is 27.6. The minimum absolute atomic E-state index is 0. The van der Waals surface area contributed by atoms with Crippen LogP contribution in [-0.4, -0.2) is 0 Å². The summed E-state index contributed by atoms with van der Waals surface area (Å²) >= 11 is 0. The van der Waals surface area contributed by atoms with E-state index in [2.05, 4.69) is 39.0 Å². The number of hydrogen-bond donors (Lipinski definition) is 0.